The number of hydrogen-bond donors (Lipinski definition) is 2. The van der Waals surface area contributed by atoms with E-state index in [9.17, 15) is 9.50 Å². The van der Waals surface area contributed by atoms with E-state index in [0.717, 1.165) is 24.1 Å². The molecule has 0 aromatic heterocycles. The van der Waals surface area contributed by atoms with Crippen LogP contribution in [0.15, 0.2) is 46.9 Å². The molecule has 2 rings (SSSR count). The Hall–Kier alpha value is -1.39. The summed E-state index contributed by atoms with van der Waals surface area (Å²) in [4.78, 5) is 0. The van der Waals surface area contributed by atoms with Crippen LogP contribution in [0.3, 0.4) is 0 Å². The molecule has 0 bridgehead atoms. The largest absolute Gasteiger partial charge is 0.506 e. The number of aromatic hydroxyl groups is 1. The van der Waals surface area contributed by atoms with Crippen molar-refractivity contribution < 1.29 is 9.50 Å². The maximum absolute atomic E-state index is 13.0. The number of hydrogen-bond acceptors (Lipinski definition) is 2. The van der Waals surface area contributed by atoms with E-state index in [2.05, 4.69) is 21.2 Å². The van der Waals surface area contributed by atoms with Crippen molar-refractivity contribution in [1.82, 2.24) is 5.32 Å². The van der Waals surface area contributed by atoms with Crippen molar-refractivity contribution >= 4 is 15.9 Å². The molecule has 0 radical (unpaired) electrons. The van der Waals surface area contributed by atoms with Crippen LogP contribution in [0.5, 0.6) is 5.75 Å². The van der Waals surface area contributed by atoms with Gasteiger partial charge in [-0.25, -0.2) is 4.39 Å². The van der Waals surface area contributed by atoms with Crippen LogP contribution in [-0.2, 0) is 13.0 Å². The minimum Gasteiger partial charge on any atom is -0.506 e. The lowest BCUT2D eigenvalue weighted by Gasteiger charge is -2.08. The molecule has 0 saturated heterocycles. The molecule has 0 unspecified atom stereocenters. The fourth-order valence-electron chi connectivity index (χ4n) is 1.85. The van der Waals surface area contributed by atoms with Gasteiger partial charge >= 0.3 is 0 Å². The number of para-hydroxylation sites is 1. The van der Waals surface area contributed by atoms with Crippen molar-refractivity contribution in [3.63, 3.8) is 0 Å². The summed E-state index contributed by atoms with van der Waals surface area (Å²) < 4.78 is 13.7. The number of benzene rings is 2. The third-order valence-electron chi connectivity index (χ3n) is 2.87. The molecule has 4 heteroatoms. The summed E-state index contributed by atoms with van der Waals surface area (Å²) in [6.45, 7) is 1.32. The Morgan fingerprint density at radius 3 is 2.74 bits per heavy atom. The molecule has 0 saturated carbocycles. The minimum atomic E-state index is -0.206. The van der Waals surface area contributed by atoms with E-state index in [4.69, 9.17) is 0 Å². The highest BCUT2D eigenvalue weighted by molar-refractivity contribution is 9.10. The summed E-state index contributed by atoms with van der Waals surface area (Å²) in [6, 6.07) is 12.1. The number of rotatable bonds is 5. The van der Waals surface area contributed by atoms with E-state index < -0.39 is 0 Å². The summed E-state index contributed by atoms with van der Waals surface area (Å²) in [5.74, 6) is 0.0582. The monoisotopic (exact) mass is 323 g/mol. The van der Waals surface area contributed by atoms with E-state index in [0.29, 0.717) is 11.0 Å². The van der Waals surface area contributed by atoms with Gasteiger partial charge in [-0.15, -0.1) is 0 Å². The van der Waals surface area contributed by atoms with Crippen molar-refractivity contribution in [2.75, 3.05) is 6.54 Å². The predicted octanol–water partition coefficient (Wildman–Crippen LogP) is 3.63. The van der Waals surface area contributed by atoms with Crippen LogP contribution in [0, 0.1) is 5.82 Å². The molecule has 2 aromatic carbocycles. The molecule has 2 N–H and O–H groups in total. The fraction of sp³-hybridized carbons (Fsp3) is 0.200. The molecule has 0 aliphatic rings. The Labute approximate surface area is 120 Å². The Balaban J connectivity index is 1.82. The average molecular weight is 324 g/mol. The normalized spacial score (nSPS) is 10.6. The van der Waals surface area contributed by atoms with Crippen LogP contribution in [0.2, 0.25) is 0 Å². The lowest BCUT2D eigenvalue weighted by molar-refractivity contribution is 0.461. The quantitative estimate of drug-likeness (QED) is 0.823. The van der Waals surface area contributed by atoms with Crippen molar-refractivity contribution in [3.8, 4) is 5.75 Å². The van der Waals surface area contributed by atoms with Gasteiger partial charge in [0.25, 0.3) is 0 Å². The predicted molar refractivity (Wildman–Crippen MR) is 77.6 cm³/mol. The average Bonchev–Trinajstić information content (AvgIpc) is 2.39. The molecule has 0 spiro atoms. The molecular formula is C15H15BrFNO. The summed E-state index contributed by atoms with van der Waals surface area (Å²) in [5.41, 5.74) is 1.81. The highest BCUT2D eigenvalue weighted by Gasteiger charge is 2.03. The maximum atomic E-state index is 13.0. The summed E-state index contributed by atoms with van der Waals surface area (Å²) in [6.07, 6.45) is 0.756. The Kier molecular flexibility index (Phi) is 4.93. The molecule has 0 aliphatic carbocycles. The van der Waals surface area contributed by atoms with E-state index in [1.165, 1.54) is 12.1 Å². The van der Waals surface area contributed by atoms with Gasteiger partial charge in [-0.05, 0) is 52.7 Å². The number of phenols is 1. The highest BCUT2D eigenvalue weighted by Crippen LogP contribution is 2.27. The first-order chi connectivity index (χ1) is 9.16. The Bertz CT molecular complexity index is 560. The van der Waals surface area contributed by atoms with Gasteiger partial charge in [0.1, 0.15) is 11.6 Å². The van der Waals surface area contributed by atoms with Gasteiger partial charge in [0, 0.05) is 12.1 Å². The molecule has 19 heavy (non-hydrogen) atoms. The molecule has 2 nitrogen and oxygen atoms in total. The molecule has 100 valence electrons. The number of halogens is 2. The Morgan fingerprint density at radius 1 is 1.16 bits per heavy atom. The first-order valence-electron chi connectivity index (χ1n) is 6.08. The number of nitrogens with one attached hydrogen (secondary N) is 1. The van der Waals surface area contributed by atoms with Gasteiger partial charge in [-0.2, -0.15) is 0 Å². The molecule has 2 aromatic rings. The SMILES string of the molecule is Oc1c(Br)cccc1CNCCc1cccc(F)c1. The lowest BCUT2D eigenvalue weighted by Crippen LogP contribution is -2.16. The van der Waals surface area contributed by atoms with Gasteiger partial charge in [-0.1, -0.05) is 24.3 Å². The Morgan fingerprint density at radius 2 is 1.95 bits per heavy atom. The third kappa shape index (κ3) is 4.04. The van der Waals surface area contributed by atoms with Gasteiger partial charge in [0.15, 0.2) is 0 Å². The van der Waals surface area contributed by atoms with Crippen molar-refractivity contribution in [1.29, 1.82) is 0 Å². The molecule has 0 aliphatic heterocycles. The van der Waals surface area contributed by atoms with Crippen molar-refractivity contribution in [2.24, 2.45) is 0 Å². The molecule has 0 atom stereocenters. The van der Waals surface area contributed by atoms with Crippen LogP contribution in [0.25, 0.3) is 0 Å². The van der Waals surface area contributed by atoms with Crippen LogP contribution in [0.4, 0.5) is 4.39 Å². The van der Waals surface area contributed by atoms with Crippen LogP contribution in [0.1, 0.15) is 11.1 Å². The van der Waals surface area contributed by atoms with Crippen molar-refractivity contribution in [3.05, 3.63) is 63.9 Å². The summed E-state index contributed by atoms with van der Waals surface area (Å²) >= 11 is 3.28. The third-order valence-corrected chi connectivity index (χ3v) is 3.51. The fourth-order valence-corrected chi connectivity index (χ4v) is 2.26. The van der Waals surface area contributed by atoms with Crippen LogP contribution in [-0.4, -0.2) is 11.7 Å². The van der Waals surface area contributed by atoms with Gasteiger partial charge < -0.3 is 10.4 Å². The van der Waals surface area contributed by atoms with Gasteiger partial charge in [0.2, 0.25) is 0 Å². The standard InChI is InChI=1S/C15H15BrFNO/c16-14-6-2-4-12(15(14)19)10-18-8-7-11-3-1-5-13(17)9-11/h1-6,9,18-19H,7-8,10H2. The van der Waals surface area contributed by atoms with Crippen molar-refractivity contribution in [2.45, 2.75) is 13.0 Å². The minimum absolute atomic E-state index is 0.206. The number of phenolic OH excluding ortho intramolecular Hbond substituents is 1. The van der Waals surface area contributed by atoms with Gasteiger partial charge in [-0.3, -0.25) is 0 Å². The zero-order valence-electron chi connectivity index (χ0n) is 10.4. The molecule has 0 heterocycles. The molecular weight excluding hydrogens is 309 g/mol. The maximum Gasteiger partial charge on any atom is 0.134 e. The van der Waals surface area contributed by atoms with Crippen LogP contribution < -0.4 is 5.32 Å². The zero-order chi connectivity index (χ0) is 13.7. The first-order valence-corrected chi connectivity index (χ1v) is 6.87. The zero-order valence-corrected chi connectivity index (χ0v) is 12.0. The molecule has 0 amide bonds. The van der Waals surface area contributed by atoms with Crippen LogP contribution >= 0.6 is 15.9 Å². The highest BCUT2D eigenvalue weighted by atomic mass is 79.9. The van der Waals surface area contributed by atoms with E-state index in [1.54, 1.807) is 12.1 Å². The topological polar surface area (TPSA) is 32.3 Å². The molecule has 0 fully saturated rings. The second-order valence-electron chi connectivity index (χ2n) is 4.30. The van der Waals surface area contributed by atoms with E-state index in [1.807, 2.05) is 18.2 Å². The van der Waals surface area contributed by atoms with E-state index in [-0.39, 0.29) is 11.6 Å². The smallest absolute Gasteiger partial charge is 0.134 e. The second kappa shape index (κ2) is 6.68. The summed E-state index contributed by atoms with van der Waals surface area (Å²) in [7, 11) is 0. The summed E-state index contributed by atoms with van der Waals surface area (Å²) in [5, 5.41) is 13.0. The lowest BCUT2D eigenvalue weighted by atomic mass is 10.1. The second-order valence-corrected chi connectivity index (χ2v) is 5.16. The van der Waals surface area contributed by atoms with Gasteiger partial charge in [0.05, 0.1) is 4.47 Å². The first kappa shape index (κ1) is 14.0. The van der Waals surface area contributed by atoms with E-state index >= 15 is 0 Å².